The maximum absolute atomic E-state index is 11.7. The number of nitrogens with one attached hydrogen (secondary N) is 2. The minimum atomic E-state index is -0.298. The van der Waals surface area contributed by atoms with Crippen molar-refractivity contribution in [2.24, 2.45) is 0 Å². The van der Waals surface area contributed by atoms with E-state index in [1.807, 2.05) is 0 Å². The number of nitrogen functional groups attached to an aromatic ring is 1. The molecule has 4 N–H and O–H groups in total. The lowest BCUT2D eigenvalue weighted by atomic mass is 10.3. The van der Waals surface area contributed by atoms with Crippen LogP contribution in [0, 0.1) is 0 Å². The van der Waals surface area contributed by atoms with Crippen LogP contribution >= 0.6 is 0 Å². The number of pyridine rings is 1. The highest BCUT2D eigenvalue weighted by atomic mass is 16.1. The zero-order chi connectivity index (χ0) is 11.4. The van der Waals surface area contributed by atoms with E-state index in [9.17, 15) is 4.79 Å². The average Bonchev–Trinajstić information content (AvgIpc) is 2.79. The molecule has 0 bridgehead atoms. The second-order valence-corrected chi connectivity index (χ2v) is 3.20. The van der Waals surface area contributed by atoms with Gasteiger partial charge in [0.1, 0.15) is 0 Å². The molecule has 2 aromatic heterocycles. The molecule has 2 rings (SSSR count). The number of carbonyl (C=O) groups excluding carboxylic acids is 1. The van der Waals surface area contributed by atoms with Crippen molar-refractivity contribution < 1.29 is 4.79 Å². The molecule has 0 saturated carbocycles. The van der Waals surface area contributed by atoms with Gasteiger partial charge in [-0.2, -0.15) is 0 Å². The number of aromatic nitrogens is 3. The first-order valence-electron chi connectivity index (χ1n) is 4.73. The molecular weight excluding hydrogens is 206 g/mol. The number of hydrogen-bond donors (Lipinski definition) is 3. The fourth-order valence-corrected chi connectivity index (χ4v) is 1.25. The van der Waals surface area contributed by atoms with E-state index < -0.39 is 0 Å². The molecule has 0 spiro atoms. The van der Waals surface area contributed by atoms with Crippen LogP contribution in [-0.2, 0) is 6.54 Å². The van der Waals surface area contributed by atoms with Gasteiger partial charge >= 0.3 is 0 Å². The first kappa shape index (κ1) is 10.2. The third-order valence-corrected chi connectivity index (χ3v) is 2.05. The summed E-state index contributed by atoms with van der Waals surface area (Å²) >= 11 is 0. The number of anilines is 1. The molecule has 0 aliphatic carbocycles. The molecule has 6 nitrogen and oxygen atoms in total. The number of imidazole rings is 1. The molecule has 16 heavy (non-hydrogen) atoms. The van der Waals surface area contributed by atoms with Crippen molar-refractivity contribution in [3.05, 3.63) is 42.2 Å². The molecule has 0 aliphatic heterocycles. The molecule has 0 saturated heterocycles. The van der Waals surface area contributed by atoms with Crippen molar-refractivity contribution in [1.82, 2.24) is 20.3 Å². The summed E-state index contributed by atoms with van der Waals surface area (Å²) in [5, 5.41) is 2.69. The van der Waals surface area contributed by atoms with Crippen LogP contribution in [0.3, 0.4) is 0 Å². The highest BCUT2D eigenvalue weighted by Crippen LogP contribution is 2.06. The predicted octanol–water partition coefficient (Wildman–Crippen LogP) is 0.317. The predicted molar refractivity (Wildman–Crippen MR) is 58.4 cm³/mol. The third-order valence-electron chi connectivity index (χ3n) is 2.05. The van der Waals surface area contributed by atoms with Crippen molar-refractivity contribution in [3.8, 4) is 0 Å². The normalized spacial score (nSPS) is 10.0. The van der Waals surface area contributed by atoms with Gasteiger partial charge in [-0.3, -0.25) is 4.79 Å². The average molecular weight is 217 g/mol. The minimum absolute atomic E-state index is 0.238. The van der Waals surface area contributed by atoms with Crippen molar-refractivity contribution >= 4 is 11.6 Å². The Morgan fingerprint density at radius 1 is 1.56 bits per heavy atom. The topological polar surface area (TPSA) is 96.7 Å². The fourth-order valence-electron chi connectivity index (χ4n) is 1.25. The number of hydrogen-bond acceptors (Lipinski definition) is 4. The minimum Gasteiger partial charge on any atom is -0.397 e. The maximum atomic E-state index is 11.7. The van der Waals surface area contributed by atoms with Gasteiger partial charge in [-0.15, -0.1) is 0 Å². The highest BCUT2D eigenvalue weighted by Gasteiger charge is 2.09. The van der Waals surface area contributed by atoms with E-state index in [1.54, 1.807) is 24.7 Å². The number of H-pyrrole nitrogens is 1. The molecule has 0 atom stereocenters. The number of aromatic amines is 1. The Labute approximate surface area is 91.9 Å². The molecule has 82 valence electrons. The van der Waals surface area contributed by atoms with Gasteiger partial charge in [0.2, 0.25) is 0 Å². The Morgan fingerprint density at radius 2 is 2.44 bits per heavy atom. The molecule has 1 amide bonds. The summed E-state index contributed by atoms with van der Waals surface area (Å²) < 4.78 is 0. The van der Waals surface area contributed by atoms with Gasteiger partial charge in [0.15, 0.2) is 5.69 Å². The summed E-state index contributed by atoms with van der Waals surface area (Å²) in [4.78, 5) is 22.3. The van der Waals surface area contributed by atoms with Gasteiger partial charge in [-0.05, 0) is 12.1 Å². The first-order valence-corrected chi connectivity index (χ1v) is 4.73. The fraction of sp³-hybridized carbons (Fsp3) is 0.100. The van der Waals surface area contributed by atoms with Gasteiger partial charge < -0.3 is 16.0 Å². The van der Waals surface area contributed by atoms with Crippen LogP contribution in [0.15, 0.2) is 30.9 Å². The van der Waals surface area contributed by atoms with Crippen LogP contribution in [0.4, 0.5) is 5.69 Å². The second-order valence-electron chi connectivity index (χ2n) is 3.20. The maximum Gasteiger partial charge on any atom is 0.272 e. The van der Waals surface area contributed by atoms with E-state index in [1.165, 1.54) is 6.20 Å². The van der Waals surface area contributed by atoms with Crippen LogP contribution in [0.25, 0.3) is 0 Å². The van der Waals surface area contributed by atoms with E-state index in [0.29, 0.717) is 12.2 Å². The molecular formula is C10H11N5O. The van der Waals surface area contributed by atoms with Crippen molar-refractivity contribution in [1.29, 1.82) is 0 Å². The zero-order valence-corrected chi connectivity index (χ0v) is 8.47. The number of nitrogens with zero attached hydrogens (tertiary/aromatic N) is 2. The van der Waals surface area contributed by atoms with Crippen LogP contribution in [0.2, 0.25) is 0 Å². The smallest absolute Gasteiger partial charge is 0.272 e. The standard InChI is InChI=1S/C10H11N5O/c11-8-2-1-3-13-9(8)10(16)14-5-7-4-12-6-15-7/h1-4,6H,5,11H2,(H,12,15)(H,14,16). The van der Waals surface area contributed by atoms with E-state index in [4.69, 9.17) is 5.73 Å². The number of carbonyl (C=O) groups is 1. The summed E-state index contributed by atoms with van der Waals surface area (Å²) in [6, 6.07) is 3.32. The molecule has 2 heterocycles. The van der Waals surface area contributed by atoms with Gasteiger partial charge in [-0.1, -0.05) is 0 Å². The van der Waals surface area contributed by atoms with Gasteiger partial charge in [0.25, 0.3) is 5.91 Å². The summed E-state index contributed by atoms with van der Waals surface area (Å²) in [6.07, 6.45) is 4.72. The van der Waals surface area contributed by atoms with Gasteiger partial charge in [0, 0.05) is 12.4 Å². The lowest BCUT2D eigenvalue weighted by molar-refractivity contribution is 0.0946. The molecule has 0 fully saturated rings. The van der Waals surface area contributed by atoms with Gasteiger partial charge in [0.05, 0.1) is 24.3 Å². The van der Waals surface area contributed by atoms with Crippen LogP contribution in [-0.4, -0.2) is 20.9 Å². The van der Waals surface area contributed by atoms with Crippen molar-refractivity contribution in [3.63, 3.8) is 0 Å². The molecule has 2 aromatic rings. The van der Waals surface area contributed by atoms with Crippen LogP contribution in [0.5, 0.6) is 0 Å². The van der Waals surface area contributed by atoms with Gasteiger partial charge in [-0.25, -0.2) is 9.97 Å². The van der Waals surface area contributed by atoms with Crippen LogP contribution in [0.1, 0.15) is 16.2 Å². The summed E-state index contributed by atoms with van der Waals surface area (Å²) in [5.74, 6) is -0.298. The largest absolute Gasteiger partial charge is 0.397 e. The summed E-state index contributed by atoms with van der Waals surface area (Å²) in [5.41, 5.74) is 7.05. The third kappa shape index (κ3) is 2.17. The quantitative estimate of drug-likeness (QED) is 0.689. The Bertz CT molecular complexity index is 480. The zero-order valence-electron chi connectivity index (χ0n) is 8.47. The second kappa shape index (κ2) is 4.43. The number of amides is 1. The number of nitrogens with two attached hydrogens (primary N) is 1. The lowest BCUT2D eigenvalue weighted by Gasteiger charge is -2.04. The van der Waals surface area contributed by atoms with Crippen LogP contribution < -0.4 is 11.1 Å². The van der Waals surface area contributed by atoms with E-state index >= 15 is 0 Å². The SMILES string of the molecule is Nc1cccnc1C(=O)NCc1cnc[nH]1. The Morgan fingerprint density at radius 3 is 3.12 bits per heavy atom. The molecule has 6 heteroatoms. The lowest BCUT2D eigenvalue weighted by Crippen LogP contribution is -2.24. The highest BCUT2D eigenvalue weighted by molar-refractivity contribution is 5.96. The Hall–Kier alpha value is -2.37. The van der Waals surface area contributed by atoms with E-state index in [-0.39, 0.29) is 11.6 Å². The summed E-state index contributed by atoms with van der Waals surface area (Å²) in [7, 11) is 0. The molecule has 0 aliphatic rings. The monoisotopic (exact) mass is 217 g/mol. The van der Waals surface area contributed by atoms with E-state index in [0.717, 1.165) is 5.69 Å². The molecule has 0 unspecified atom stereocenters. The first-order chi connectivity index (χ1) is 7.77. The molecule has 0 aromatic carbocycles. The number of rotatable bonds is 3. The van der Waals surface area contributed by atoms with E-state index in [2.05, 4.69) is 20.3 Å². The Kier molecular flexibility index (Phi) is 2.81. The summed E-state index contributed by atoms with van der Waals surface area (Å²) in [6.45, 7) is 0.370. The Balaban J connectivity index is 2.01. The van der Waals surface area contributed by atoms with Crippen molar-refractivity contribution in [2.75, 3.05) is 5.73 Å². The van der Waals surface area contributed by atoms with Crippen molar-refractivity contribution in [2.45, 2.75) is 6.54 Å². The molecule has 0 radical (unpaired) electrons.